The summed E-state index contributed by atoms with van der Waals surface area (Å²) in [4.78, 5) is 10.3. The molecule has 1 N–H and O–H groups in total. The molecule has 1 unspecified atom stereocenters. The van der Waals surface area contributed by atoms with Gasteiger partial charge in [-0.3, -0.25) is 14.4 Å². The molecule has 0 amide bonds. The van der Waals surface area contributed by atoms with Gasteiger partial charge in [0.15, 0.2) is 0 Å². The lowest BCUT2D eigenvalue weighted by molar-refractivity contribution is -0.384. The molecule has 3 aromatic carbocycles. The van der Waals surface area contributed by atoms with E-state index in [2.05, 4.69) is 0 Å². The van der Waals surface area contributed by atoms with Crippen molar-refractivity contribution in [3.63, 3.8) is 0 Å². The van der Waals surface area contributed by atoms with Crippen molar-refractivity contribution in [2.45, 2.75) is 11.0 Å². The predicted octanol–water partition coefficient (Wildman–Crippen LogP) is 3.24. The lowest BCUT2D eigenvalue weighted by Gasteiger charge is -2.28. The highest BCUT2D eigenvalue weighted by Crippen LogP contribution is 2.32. The van der Waals surface area contributed by atoms with Crippen molar-refractivity contribution in [2.24, 2.45) is 0 Å². The van der Waals surface area contributed by atoms with E-state index in [1.54, 1.807) is 42.5 Å². The fraction of sp³-hybridized carbons (Fsp3) is 0.182. The first-order chi connectivity index (χ1) is 15.3. The Kier molecular flexibility index (Phi) is 7.29. The van der Waals surface area contributed by atoms with E-state index in [4.69, 9.17) is 9.47 Å². The van der Waals surface area contributed by atoms with Crippen LogP contribution in [0.15, 0.2) is 83.8 Å². The highest BCUT2D eigenvalue weighted by molar-refractivity contribution is 7.92. The minimum Gasteiger partial charge on any atom is -0.495 e. The van der Waals surface area contributed by atoms with Crippen LogP contribution in [0.25, 0.3) is 0 Å². The number of hydrogen-bond acceptors (Lipinski definition) is 7. The maximum Gasteiger partial charge on any atom is 0.269 e. The van der Waals surface area contributed by atoms with E-state index in [-0.39, 0.29) is 29.4 Å². The summed E-state index contributed by atoms with van der Waals surface area (Å²) in [6.45, 7) is -0.529. The molecule has 3 rings (SSSR count). The number of aliphatic hydroxyl groups is 1. The number of nitro benzene ring substituents is 1. The number of anilines is 1. The van der Waals surface area contributed by atoms with Gasteiger partial charge in [0.2, 0.25) is 0 Å². The zero-order chi connectivity index (χ0) is 23.1. The number of non-ortho nitro benzene ring substituents is 1. The third-order valence-corrected chi connectivity index (χ3v) is 6.35. The molecule has 3 aromatic rings. The van der Waals surface area contributed by atoms with Crippen LogP contribution in [-0.4, -0.2) is 44.8 Å². The average molecular weight is 458 g/mol. The average Bonchev–Trinajstić information content (AvgIpc) is 2.82. The van der Waals surface area contributed by atoms with Crippen molar-refractivity contribution in [3.8, 4) is 11.5 Å². The lowest BCUT2D eigenvalue weighted by Crippen LogP contribution is -2.40. The van der Waals surface area contributed by atoms with Crippen molar-refractivity contribution in [1.82, 2.24) is 0 Å². The van der Waals surface area contributed by atoms with Gasteiger partial charge in [-0.15, -0.1) is 0 Å². The molecule has 0 heterocycles. The second-order valence-corrected chi connectivity index (χ2v) is 8.60. The minimum atomic E-state index is -4.02. The Morgan fingerprint density at radius 3 is 2.25 bits per heavy atom. The number of nitro groups is 1. The first kappa shape index (κ1) is 23.0. The zero-order valence-corrected chi connectivity index (χ0v) is 18.0. The van der Waals surface area contributed by atoms with Gasteiger partial charge in [0.1, 0.15) is 24.2 Å². The summed E-state index contributed by atoms with van der Waals surface area (Å²) in [6.07, 6.45) is -1.20. The van der Waals surface area contributed by atoms with Gasteiger partial charge in [0.05, 0.1) is 29.2 Å². The van der Waals surface area contributed by atoms with Gasteiger partial charge in [-0.25, -0.2) is 8.42 Å². The SMILES string of the molecule is COc1ccccc1N(CC(O)COc1ccc([N+](=O)[O-])cc1)S(=O)(=O)c1ccccc1. The van der Waals surface area contributed by atoms with Gasteiger partial charge in [-0.2, -0.15) is 0 Å². The van der Waals surface area contributed by atoms with Crippen LogP contribution in [0, 0.1) is 10.1 Å². The number of aliphatic hydroxyl groups excluding tert-OH is 1. The summed E-state index contributed by atoms with van der Waals surface area (Å²) in [5, 5.41) is 21.3. The van der Waals surface area contributed by atoms with E-state index < -0.39 is 21.1 Å². The van der Waals surface area contributed by atoms with Crippen molar-refractivity contribution in [1.29, 1.82) is 0 Å². The van der Waals surface area contributed by atoms with Gasteiger partial charge in [-0.1, -0.05) is 30.3 Å². The smallest absolute Gasteiger partial charge is 0.269 e. The maximum atomic E-state index is 13.4. The fourth-order valence-electron chi connectivity index (χ4n) is 2.98. The van der Waals surface area contributed by atoms with Gasteiger partial charge >= 0.3 is 0 Å². The van der Waals surface area contributed by atoms with E-state index in [1.165, 1.54) is 43.5 Å². The summed E-state index contributed by atoms with van der Waals surface area (Å²) in [6, 6.07) is 19.8. The van der Waals surface area contributed by atoms with Gasteiger partial charge in [0.25, 0.3) is 15.7 Å². The maximum absolute atomic E-state index is 13.4. The molecular weight excluding hydrogens is 436 g/mol. The predicted molar refractivity (Wildman–Crippen MR) is 119 cm³/mol. The van der Waals surface area contributed by atoms with Crippen LogP contribution >= 0.6 is 0 Å². The third-order valence-electron chi connectivity index (χ3n) is 4.55. The van der Waals surface area contributed by atoms with Crippen LogP contribution in [0.3, 0.4) is 0 Å². The largest absolute Gasteiger partial charge is 0.495 e. The van der Waals surface area contributed by atoms with Crippen LogP contribution in [-0.2, 0) is 10.0 Å². The molecule has 10 heteroatoms. The normalized spacial score (nSPS) is 12.1. The van der Waals surface area contributed by atoms with Crippen molar-refractivity contribution >= 4 is 21.4 Å². The number of rotatable bonds is 10. The van der Waals surface area contributed by atoms with Gasteiger partial charge in [0, 0.05) is 12.1 Å². The lowest BCUT2D eigenvalue weighted by atomic mass is 10.2. The summed E-state index contributed by atoms with van der Waals surface area (Å²) >= 11 is 0. The molecule has 0 radical (unpaired) electrons. The summed E-state index contributed by atoms with van der Waals surface area (Å²) in [5.41, 5.74) is 0.183. The molecule has 9 nitrogen and oxygen atoms in total. The topological polar surface area (TPSA) is 119 Å². The quantitative estimate of drug-likeness (QED) is 0.366. The van der Waals surface area contributed by atoms with Gasteiger partial charge < -0.3 is 14.6 Å². The van der Waals surface area contributed by atoms with E-state index in [0.717, 1.165) is 4.31 Å². The van der Waals surface area contributed by atoms with Crippen LogP contribution in [0.1, 0.15) is 0 Å². The molecule has 0 saturated carbocycles. The van der Waals surface area contributed by atoms with Crippen LogP contribution in [0.4, 0.5) is 11.4 Å². The number of benzene rings is 3. The number of hydrogen-bond donors (Lipinski definition) is 1. The molecule has 0 aromatic heterocycles. The monoisotopic (exact) mass is 458 g/mol. The summed E-state index contributed by atoms with van der Waals surface area (Å²) in [5.74, 6) is 0.639. The standard InChI is InChI=1S/C22H22N2O7S/c1-30-22-10-6-5-9-21(22)23(32(28,29)20-7-3-2-4-8-20)15-18(25)16-31-19-13-11-17(12-14-19)24(26)27/h2-14,18,25H,15-16H2,1H3. The molecule has 0 fully saturated rings. The fourth-order valence-corrected chi connectivity index (χ4v) is 4.52. The van der Waals surface area contributed by atoms with Crippen LogP contribution in [0.2, 0.25) is 0 Å². The number of sulfonamides is 1. The molecular formula is C22H22N2O7S. The van der Waals surface area contributed by atoms with Crippen LogP contribution in [0.5, 0.6) is 11.5 Å². The Balaban J connectivity index is 1.83. The molecule has 0 spiro atoms. The number of methoxy groups -OCH3 is 1. The summed E-state index contributed by atoms with van der Waals surface area (Å²) in [7, 11) is -2.59. The number of para-hydroxylation sites is 2. The van der Waals surface area contributed by atoms with E-state index in [1.807, 2.05) is 0 Å². The van der Waals surface area contributed by atoms with Crippen molar-refractivity contribution in [2.75, 3.05) is 24.6 Å². The van der Waals surface area contributed by atoms with E-state index in [9.17, 15) is 23.6 Å². The Morgan fingerprint density at radius 1 is 1.00 bits per heavy atom. The number of nitrogens with zero attached hydrogens (tertiary/aromatic N) is 2. The molecule has 1 atom stereocenters. The summed E-state index contributed by atoms with van der Waals surface area (Å²) < 4.78 is 38.6. The Labute approximate surface area is 185 Å². The molecule has 0 aliphatic carbocycles. The molecule has 0 aliphatic heterocycles. The Hall–Kier alpha value is -3.63. The van der Waals surface area contributed by atoms with E-state index in [0.29, 0.717) is 11.5 Å². The molecule has 0 saturated heterocycles. The second-order valence-electron chi connectivity index (χ2n) is 6.74. The zero-order valence-electron chi connectivity index (χ0n) is 17.2. The molecule has 0 aliphatic rings. The van der Waals surface area contributed by atoms with E-state index >= 15 is 0 Å². The minimum absolute atomic E-state index is 0.0643. The van der Waals surface area contributed by atoms with Crippen molar-refractivity contribution in [3.05, 3.63) is 89.0 Å². The first-order valence-electron chi connectivity index (χ1n) is 9.59. The first-order valence-corrected chi connectivity index (χ1v) is 11.0. The molecule has 32 heavy (non-hydrogen) atoms. The van der Waals surface area contributed by atoms with Crippen molar-refractivity contribution < 1.29 is 27.9 Å². The Morgan fingerprint density at radius 2 is 1.62 bits per heavy atom. The highest BCUT2D eigenvalue weighted by atomic mass is 32.2. The second kappa shape index (κ2) is 10.1. The third kappa shape index (κ3) is 5.34. The molecule has 0 bridgehead atoms. The number of ether oxygens (including phenoxy) is 2. The van der Waals surface area contributed by atoms with Crippen LogP contribution < -0.4 is 13.8 Å². The highest BCUT2D eigenvalue weighted by Gasteiger charge is 2.29. The Bertz CT molecular complexity index is 1150. The molecule has 168 valence electrons. The van der Waals surface area contributed by atoms with Gasteiger partial charge in [-0.05, 0) is 36.4 Å².